The van der Waals surface area contributed by atoms with Crippen LogP contribution in [0.3, 0.4) is 0 Å². The van der Waals surface area contributed by atoms with Crippen LogP contribution in [-0.2, 0) is 11.3 Å². The molecular formula is C12H10FNO2. The summed E-state index contributed by atoms with van der Waals surface area (Å²) < 4.78 is 15.0. The van der Waals surface area contributed by atoms with Crippen molar-refractivity contribution in [3.63, 3.8) is 0 Å². The van der Waals surface area contributed by atoms with E-state index in [1.807, 2.05) is 0 Å². The lowest BCUT2D eigenvalue weighted by molar-refractivity contribution is -0.137. The highest BCUT2D eigenvalue weighted by molar-refractivity contribution is 5.84. The number of nitrogens with zero attached hydrogens (tertiary/aromatic N) is 1. The number of rotatable bonds is 3. The topological polar surface area (TPSA) is 42.2 Å². The number of carbonyl (C=O) groups is 1. The predicted octanol–water partition coefficient (Wildman–Crippen LogP) is 2.51. The molecule has 1 N–H and O–H groups in total. The molecule has 1 aromatic heterocycles. The van der Waals surface area contributed by atoms with Crippen LogP contribution >= 0.6 is 0 Å². The fourth-order valence-electron chi connectivity index (χ4n) is 1.67. The molecule has 0 atom stereocenters. The van der Waals surface area contributed by atoms with E-state index < -0.39 is 11.8 Å². The van der Waals surface area contributed by atoms with Crippen LogP contribution in [0, 0.1) is 5.82 Å². The SMILES string of the molecule is C=Cc1cc2ccn(CC(=O)O)c2cc1F. The number of aromatic nitrogens is 1. The molecule has 1 heterocycles. The molecule has 0 amide bonds. The fourth-order valence-corrected chi connectivity index (χ4v) is 1.67. The van der Waals surface area contributed by atoms with Crippen molar-refractivity contribution >= 4 is 22.9 Å². The lowest BCUT2D eigenvalue weighted by Gasteiger charge is -2.03. The van der Waals surface area contributed by atoms with Gasteiger partial charge in [-0.3, -0.25) is 4.79 Å². The summed E-state index contributed by atoms with van der Waals surface area (Å²) in [6.45, 7) is 3.34. The summed E-state index contributed by atoms with van der Waals surface area (Å²) in [6, 6.07) is 4.73. The quantitative estimate of drug-likeness (QED) is 0.861. The molecule has 0 bridgehead atoms. The van der Waals surface area contributed by atoms with E-state index in [2.05, 4.69) is 6.58 Å². The van der Waals surface area contributed by atoms with Crippen LogP contribution in [0.25, 0.3) is 17.0 Å². The first-order valence-corrected chi connectivity index (χ1v) is 4.74. The zero-order chi connectivity index (χ0) is 11.7. The maximum atomic E-state index is 13.5. The van der Waals surface area contributed by atoms with Crippen molar-refractivity contribution in [2.75, 3.05) is 0 Å². The number of carboxylic acid groups (broad SMARTS) is 1. The Morgan fingerprint density at radius 2 is 2.31 bits per heavy atom. The maximum Gasteiger partial charge on any atom is 0.323 e. The van der Waals surface area contributed by atoms with Gasteiger partial charge in [-0.15, -0.1) is 0 Å². The minimum absolute atomic E-state index is 0.170. The molecule has 0 spiro atoms. The van der Waals surface area contributed by atoms with Gasteiger partial charge in [-0.05, 0) is 18.2 Å². The van der Waals surface area contributed by atoms with E-state index in [0.29, 0.717) is 11.1 Å². The second-order valence-corrected chi connectivity index (χ2v) is 3.47. The van der Waals surface area contributed by atoms with Crippen molar-refractivity contribution in [3.05, 3.63) is 42.4 Å². The van der Waals surface area contributed by atoms with Crippen molar-refractivity contribution in [1.29, 1.82) is 0 Å². The molecule has 0 aliphatic carbocycles. The Bertz CT molecular complexity index is 572. The normalized spacial score (nSPS) is 10.6. The van der Waals surface area contributed by atoms with Gasteiger partial charge < -0.3 is 9.67 Å². The van der Waals surface area contributed by atoms with E-state index in [1.54, 1.807) is 18.3 Å². The van der Waals surface area contributed by atoms with Crippen LogP contribution in [0.1, 0.15) is 5.56 Å². The van der Waals surface area contributed by atoms with Crippen LogP contribution in [0.2, 0.25) is 0 Å². The van der Waals surface area contributed by atoms with Gasteiger partial charge in [0, 0.05) is 17.1 Å². The summed E-state index contributed by atoms with van der Waals surface area (Å²) in [5.41, 5.74) is 0.992. The number of halogens is 1. The van der Waals surface area contributed by atoms with Crippen molar-refractivity contribution in [2.24, 2.45) is 0 Å². The van der Waals surface area contributed by atoms with E-state index in [1.165, 1.54) is 16.7 Å². The van der Waals surface area contributed by atoms with Crippen LogP contribution < -0.4 is 0 Å². The van der Waals surface area contributed by atoms with Gasteiger partial charge in [-0.25, -0.2) is 4.39 Å². The first-order chi connectivity index (χ1) is 7.61. The van der Waals surface area contributed by atoms with Crippen LogP contribution in [0.15, 0.2) is 31.0 Å². The first-order valence-electron chi connectivity index (χ1n) is 4.74. The van der Waals surface area contributed by atoms with Crippen LogP contribution in [-0.4, -0.2) is 15.6 Å². The Hall–Kier alpha value is -2.10. The molecule has 0 saturated carbocycles. The van der Waals surface area contributed by atoms with Gasteiger partial charge in [0.05, 0.1) is 5.52 Å². The van der Waals surface area contributed by atoms with Gasteiger partial charge >= 0.3 is 5.97 Å². The molecule has 0 aliphatic heterocycles. The molecule has 0 saturated heterocycles. The minimum Gasteiger partial charge on any atom is -0.480 e. The van der Waals surface area contributed by atoms with E-state index in [0.717, 1.165) is 5.39 Å². The second kappa shape index (κ2) is 3.81. The highest BCUT2D eigenvalue weighted by Crippen LogP contribution is 2.21. The van der Waals surface area contributed by atoms with E-state index in [9.17, 15) is 9.18 Å². The summed E-state index contributed by atoms with van der Waals surface area (Å²) in [6.07, 6.45) is 3.06. The standard InChI is InChI=1S/C12H10FNO2/c1-2-8-5-9-3-4-14(7-12(15)16)11(9)6-10(8)13/h2-6H,1,7H2,(H,15,16). The Labute approximate surface area is 91.4 Å². The molecule has 2 aromatic rings. The molecule has 16 heavy (non-hydrogen) atoms. The monoisotopic (exact) mass is 219 g/mol. The molecular weight excluding hydrogens is 209 g/mol. The third kappa shape index (κ3) is 1.69. The number of hydrogen-bond donors (Lipinski definition) is 1. The third-order valence-corrected chi connectivity index (χ3v) is 2.41. The van der Waals surface area contributed by atoms with Crippen molar-refractivity contribution in [1.82, 2.24) is 4.57 Å². The van der Waals surface area contributed by atoms with E-state index in [4.69, 9.17) is 5.11 Å². The minimum atomic E-state index is -0.953. The predicted molar refractivity (Wildman–Crippen MR) is 59.6 cm³/mol. The van der Waals surface area contributed by atoms with Crippen molar-refractivity contribution < 1.29 is 14.3 Å². The Balaban J connectivity index is 2.60. The Morgan fingerprint density at radius 1 is 1.56 bits per heavy atom. The summed E-state index contributed by atoms with van der Waals surface area (Å²) in [5.74, 6) is -1.35. The average molecular weight is 219 g/mol. The second-order valence-electron chi connectivity index (χ2n) is 3.47. The number of hydrogen-bond acceptors (Lipinski definition) is 1. The van der Waals surface area contributed by atoms with Gasteiger partial charge in [0.15, 0.2) is 0 Å². The van der Waals surface area contributed by atoms with Gasteiger partial charge in [-0.2, -0.15) is 0 Å². The highest BCUT2D eigenvalue weighted by atomic mass is 19.1. The molecule has 2 rings (SSSR count). The average Bonchev–Trinajstić information content (AvgIpc) is 2.59. The lowest BCUT2D eigenvalue weighted by atomic mass is 10.1. The van der Waals surface area contributed by atoms with Gasteiger partial charge in [-0.1, -0.05) is 12.7 Å². The molecule has 82 valence electrons. The molecule has 0 radical (unpaired) electrons. The molecule has 4 heteroatoms. The molecule has 0 aliphatic rings. The number of carboxylic acids is 1. The molecule has 1 aromatic carbocycles. The summed E-state index contributed by atoms with van der Waals surface area (Å²) in [7, 11) is 0. The van der Waals surface area contributed by atoms with Crippen molar-refractivity contribution in [2.45, 2.75) is 6.54 Å². The zero-order valence-corrected chi connectivity index (χ0v) is 8.48. The fraction of sp³-hybridized carbons (Fsp3) is 0.0833. The van der Waals surface area contributed by atoms with Gasteiger partial charge in [0.25, 0.3) is 0 Å². The first kappa shape index (κ1) is 10.4. The van der Waals surface area contributed by atoms with E-state index in [-0.39, 0.29) is 6.54 Å². The smallest absolute Gasteiger partial charge is 0.323 e. The Kier molecular flexibility index (Phi) is 2.48. The number of benzene rings is 1. The molecule has 0 unspecified atom stereocenters. The largest absolute Gasteiger partial charge is 0.480 e. The van der Waals surface area contributed by atoms with E-state index >= 15 is 0 Å². The lowest BCUT2D eigenvalue weighted by Crippen LogP contribution is -2.07. The summed E-state index contributed by atoms with van der Waals surface area (Å²) >= 11 is 0. The zero-order valence-electron chi connectivity index (χ0n) is 8.48. The van der Waals surface area contributed by atoms with Gasteiger partial charge in [0.1, 0.15) is 12.4 Å². The van der Waals surface area contributed by atoms with Crippen molar-refractivity contribution in [3.8, 4) is 0 Å². The molecule has 3 nitrogen and oxygen atoms in total. The summed E-state index contributed by atoms with van der Waals surface area (Å²) in [4.78, 5) is 10.6. The van der Waals surface area contributed by atoms with Crippen LogP contribution in [0.5, 0.6) is 0 Å². The van der Waals surface area contributed by atoms with Gasteiger partial charge in [0.2, 0.25) is 0 Å². The highest BCUT2D eigenvalue weighted by Gasteiger charge is 2.08. The number of fused-ring (bicyclic) bond motifs is 1. The maximum absolute atomic E-state index is 13.5. The molecule has 0 fully saturated rings. The van der Waals surface area contributed by atoms with Crippen LogP contribution in [0.4, 0.5) is 4.39 Å². The Morgan fingerprint density at radius 3 is 2.94 bits per heavy atom. The summed E-state index contributed by atoms with van der Waals surface area (Å²) in [5, 5.41) is 9.49. The number of aliphatic carboxylic acids is 1. The third-order valence-electron chi connectivity index (χ3n) is 2.41.